The second-order valence-corrected chi connectivity index (χ2v) is 4.86. The lowest BCUT2D eigenvalue weighted by Gasteiger charge is -2.33. The maximum Gasteiger partial charge on any atom is 0.117 e. The minimum atomic E-state index is 0.517. The SMILES string of the molecule is c1coc(CNC2CCCC3OCCC23)c1. The largest absolute Gasteiger partial charge is 0.468 e. The molecule has 0 aromatic carbocycles. The molecule has 0 spiro atoms. The predicted octanol–water partition coefficient (Wildman–Crippen LogP) is 2.33. The Morgan fingerprint density at radius 1 is 1.31 bits per heavy atom. The van der Waals surface area contributed by atoms with Gasteiger partial charge in [-0.1, -0.05) is 0 Å². The van der Waals surface area contributed by atoms with Crippen molar-refractivity contribution in [2.45, 2.75) is 44.4 Å². The summed E-state index contributed by atoms with van der Waals surface area (Å²) in [5, 5.41) is 3.62. The van der Waals surface area contributed by atoms with Gasteiger partial charge in [-0.25, -0.2) is 0 Å². The highest BCUT2D eigenvalue weighted by molar-refractivity contribution is 4.99. The predicted molar refractivity (Wildman–Crippen MR) is 61.0 cm³/mol. The molecule has 1 aliphatic heterocycles. The van der Waals surface area contributed by atoms with E-state index >= 15 is 0 Å². The monoisotopic (exact) mass is 221 g/mol. The summed E-state index contributed by atoms with van der Waals surface area (Å²) < 4.78 is 11.1. The Bertz CT molecular complexity index is 323. The average molecular weight is 221 g/mol. The van der Waals surface area contributed by atoms with E-state index in [0.29, 0.717) is 12.1 Å². The van der Waals surface area contributed by atoms with Crippen LogP contribution in [0.25, 0.3) is 0 Å². The third kappa shape index (κ3) is 2.02. The van der Waals surface area contributed by atoms with Crippen LogP contribution in [0.5, 0.6) is 0 Å². The van der Waals surface area contributed by atoms with Gasteiger partial charge in [-0.3, -0.25) is 0 Å². The van der Waals surface area contributed by atoms with Crippen LogP contribution in [0.2, 0.25) is 0 Å². The molecule has 0 amide bonds. The summed E-state index contributed by atoms with van der Waals surface area (Å²) in [6.45, 7) is 1.80. The Kier molecular flexibility index (Phi) is 2.98. The van der Waals surface area contributed by atoms with E-state index in [4.69, 9.17) is 9.15 Å². The topological polar surface area (TPSA) is 34.4 Å². The fraction of sp³-hybridized carbons (Fsp3) is 0.692. The first-order chi connectivity index (χ1) is 7.93. The minimum absolute atomic E-state index is 0.517. The summed E-state index contributed by atoms with van der Waals surface area (Å²) in [6, 6.07) is 4.59. The van der Waals surface area contributed by atoms with Gasteiger partial charge in [0, 0.05) is 18.6 Å². The third-order valence-electron chi connectivity index (χ3n) is 3.90. The maximum atomic E-state index is 5.76. The van der Waals surface area contributed by atoms with Gasteiger partial charge in [0.05, 0.1) is 18.9 Å². The van der Waals surface area contributed by atoms with Crippen LogP contribution in [0.3, 0.4) is 0 Å². The van der Waals surface area contributed by atoms with Crippen LogP contribution < -0.4 is 5.32 Å². The summed E-state index contributed by atoms with van der Waals surface area (Å²) in [6.07, 6.45) is 7.30. The number of nitrogens with one attached hydrogen (secondary N) is 1. The highest BCUT2D eigenvalue weighted by atomic mass is 16.5. The van der Waals surface area contributed by atoms with Gasteiger partial charge in [-0.05, 0) is 37.8 Å². The molecule has 2 aliphatic rings. The van der Waals surface area contributed by atoms with Gasteiger partial charge in [-0.15, -0.1) is 0 Å². The van der Waals surface area contributed by atoms with Crippen molar-refractivity contribution in [2.24, 2.45) is 5.92 Å². The van der Waals surface area contributed by atoms with Gasteiger partial charge in [0.2, 0.25) is 0 Å². The molecule has 1 saturated carbocycles. The maximum absolute atomic E-state index is 5.76. The zero-order valence-electron chi connectivity index (χ0n) is 9.52. The zero-order chi connectivity index (χ0) is 10.8. The van der Waals surface area contributed by atoms with Crippen molar-refractivity contribution in [2.75, 3.05) is 6.61 Å². The second-order valence-electron chi connectivity index (χ2n) is 4.86. The van der Waals surface area contributed by atoms with E-state index in [-0.39, 0.29) is 0 Å². The van der Waals surface area contributed by atoms with Crippen LogP contribution in [-0.2, 0) is 11.3 Å². The van der Waals surface area contributed by atoms with Crippen LogP contribution in [0.4, 0.5) is 0 Å². The summed E-state index contributed by atoms with van der Waals surface area (Å²) in [5.74, 6) is 1.75. The number of rotatable bonds is 3. The smallest absolute Gasteiger partial charge is 0.117 e. The first-order valence-electron chi connectivity index (χ1n) is 6.31. The van der Waals surface area contributed by atoms with Crippen LogP contribution >= 0.6 is 0 Å². The normalized spacial score (nSPS) is 33.9. The van der Waals surface area contributed by atoms with Crippen molar-refractivity contribution >= 4 is 0 Å². The van der Waals surface area contributed by atoms with Gasteiger partial charge >= 0.3 is 0 Å². The van der Waals surface area contributed by atoms with E-state index in [1.54, 1.807) is 6.26 Å². The fourth-order valence-electron chi connectivity index (χ4n) is 3.07. The van der Waals surface area contributed by atoms with E-state index in [2.05, 4.69) is 5.32 Å². The molecule has 2 fully saturated rings. The summed E-state index contributed by atoms with van der Waals surface area (Å²) in [5.41, 5.74) is 0. The Morgan fingerprint density at radius 3 is 3.19 bits per heavy atom. The summed E-state index contributed by atoms with van der Waals surface area (Å²) in [7, 11) is 0. The van der Waals surface area contributed by atoms with Crippen molar-refractivity contribution in [3.8, 4) is 0 Å². The van der Waals surface area contributed by atoms with Gasteiger partial charge in [0.15, 0.2) is 0 Å². The molecule has 3 atom stereocenters. The average Bonchev–Trinajstić information content (AvgIpc) is 2.97. The van der Waals surface area contributed by atoms with Crippen LogP contribution in [0.15, 0.2) is 22.8 Å². The van der Waals surface area contributed by atoms with E-state index in [0.717, 1.165) is 24.8 Å². The molecule has 1 N–H and O–H groups in total. The molecule has 3 rings (SSSR count). The number of fused-ring (bicyclic) bond motifs is 1. The lowest BCUT2D eigenvalue weighted by molar-refractivity contribution is 0.0526. The first kappa shape index (κ1) is 10.4. The molecular weight excluding hydrogens is 202 g/mol. The van der Waals surface area contributed by atoms with Gasteiger partial charge < -0.3 is 14.5 Å². The van der Waals surface area contributed by atoms with Crippen molar-refractivity contribution in [3.63, 3.8) is 0 Å². The molecule has 1 aromatic heterocycles. The molecule has 1 aromatic rings. The number of furan rings is 1. The number of hydrogen-bond donors (Lipinski definition) is 1. The Balaban J connectivity index is 1.57. The van der Waals surface area contributed by atoms with Gasteiger partial charge in [0.1, 0.15) is 5.76 Å². The molecule has 0 bridgehead atoms. The molecule has 3 unspecified atom stereocenters. The fourth-order valence-corrected chi connectivity index (χ4v) is 3.07. The lowest BCUT2D eigenvalue weighted by atomic mass is 9.82. The van der Waals surface area contributed by atoms with Crippen molar-refractivity contribution in [3.05, 3.63) is 24.2 Å². The summed E-state index contributed by atoms with van der Waals surface area (Å²) in [4.78, 5) is 0. The van der Waals surface area contributed by atoms with Crippen LogP contribution in [0, 0.1) is 5.92 Å². The second kappa shape index (κ2) is 4.60. The highest BCUT2D eigenvalue weighted by Gasteiger charge is 2.37. The molecule has 2 heterocycles. The third-order valence-corrected chi connectivity index (χ3v) is 3.90. The Morgan fingerprint density at radius 2 is 2.31 bits per heavy atom. The molecule has 88 valence electrons. The Hall–Kier alpha value is -0.800. The molecule has 1 aliphatic carbocycles. The molecule has 3 nitrogen and oxygen atoms in total. The molecule has 16 heavy (non-hydrogen) atoms. The molecule has 1 saturated heterocycles. The molecular formula is C13H19NO2. The molecule has 3 heteroatoms. The lowest BCUT2D eigenvalue weighted by Crippen LogP contribution is -2.42. The van der Waals surface area contributed by atoms with Crippen molar-refractivity contribution in [1.82, 2.24) is 5.32 Å². The number of ether oxygens (including phenoxy) is 1. The Labute approximate surface area is 96.2 Å². The van der Waals surface area contributed by atoms with Crippen LogP contribution in [-0.4, -0.2) is 18.8 Å². The van der Waals surface area contributed by atoms with Crippen molar-refractivity contribution in [1.29, 1.82) is 0 Å². The summed E-state index contributed by atoms with van der Waals surface area (Å²) >= 11 is 0. The van der Waals surface area contributed by atoms with Crippen LogP contribution in [0.1, 0.15) is 31.4 Å². The molecule has 0 radical (unpaired) electrons. The first-order valence-corrected chi connectivity index (χ1v) is 6.31. The quantitative estimate of drug-likeness (QED) is 0.850. The van der Waals surface area contributed by atoms with E-state index in [1.165, 1.54) is 25.7 Å². The van der Waals surface area contributed by atoms with Gasteiger partial charge in [-0.2, -0.15) is 0 Å². The zero-order valence-corrected chi connectivity index (χ0v) is 9.52. The van der Waals surface area contributed by atoms with E-state index in [1.807, 2.05) is 12.1 Å². The van der Waals surface area contributed by atoms with Gasteiger partial charge in [0.25, 0.3) is 0 Å². The number of hydrogen-bond acceptors (Lipinski definition) is 3. The minimum Gasteiger partial charge on any atom is -0.468 e. The van der Waals surface area contributed by atoms with Crippen molar-refractivity contribution < 1.29 is 9.15 Å². The van der Waals surface area contributed by atoms with E-state index in [9.17, 15) is 0 Å². The standard InChI is InChI=1S/C13H19NO2/c1-4-12(11-6-8-16-13(11)5-1)14-9-10-3-2-7-15-10/h2-3,7,11-14H,1,4-6,8-9H2. The van der Waals surface area contributed by atoms with E-state index < -0.39 is 0 Å². The highest BCUT2D eigenvalue weighted by Crippen LogP contribution is 2.34.